The maximum Gasteiger partial charge on any atom is 0.268 e. The van der Waals surface area contributed by atoms with Gasteiger partial charge in [0.2, 0.25) is 0 Å². The molecule has 0 fully saturated rings. The average molecular weight is 238 g/mol. The van der Waals surface area contributed by atoms with Crippen molar-refractivity contribution in [2.45, 2.75) is 19.9 Å². The number of anilines is 1. The van der Waals surface area contributed by atoms with E-state index >= 15 is 0 Å². The van der Waals surface area contributed by atoms with Crippen molar-refractivity contribution in [2.75, 3.05) is 4.72 Å². The molecule has 0 aromatic heterocycles. The number of nitrogens with zero attached hydrogens (tertiary/aromatic N) is 1. The summed E-state index contributed by atoms with van der Waals surface area (Å²) in [6, 6.07) is 6.87. The molecule has 0 radical (unpaired) electrons. The van der Waals surface area contributed by atoms with Crippen LogP contribution in [0, 0.1) is 0 Å². The predicted octanol–water partition coefficient (Wildman–Crippen LogP) is 1.51. The highest BCUT2D eigenvalue weighted by Crippen LogP contribution is 2.27. The van der Waals surface area contributed by atoms with E-state index in [9.17, 15) is 9.00 Å². The summed E-state index contributed by atoms with van der Waals surface area (Å²) >= 11 is 0. The summed E-state index contributed by atoms with van der Waals surface area (Å²) in [6.07, 6.45) is 0. The normalized spacial score (nSPS) is 24.2. The summed E-state index contributed by atoms with van der Waals surface area (Å²) < 4.78 is 16.4. The predicted molar refractivity (Wildman–Crippen MR) is 66.6 cm³/mol. The molecule has 1 atom stereocenters. The Morgan fingerprint density at radius 1 is 1.38 bits per heavy atom. The second-order valence-electron chi connectivity index (χ2n) is 4.01. The van der Waals surface area contributed by atoms with Gasteiger partial charge in [0, 0.05) is 6.04 Å². The molecule has 0 bridgehead atoms. The van der Waals surface area contributed by atoms with Gasteiger partial charge in [0.05, 0.1) is 11.3 Å². The molecule has 1 aromatic rings. The largest absolute Gasteiger partial charge is 0.296 e. The van der Waals surface area contributed by atoms with Gasteiger partial charge in [-0.05, 0) is 31.9 Å². The zero-order chi connectivity index (χ0) is 11.9. The fourth-order valence-corrected chi connectivity index (χ4v) is 3.47. The molecule has 1 N–H and O–H groups in total. The zero-order valence-electron chi connectivity index (χ0n) is 9.27. The van der Waals surface area contributed by atoms with Gasteiger partial charge in [0.15, 0.2) is 0 Å². The van der Waals surface area contributed by atoms with Gasteiger partial charge in [-0.2, -0.15) is 0 Å². The molecule has 0 saturated carbocycles. The molecule has 2 rings (SSSR count). The van der Waals surface area contributed by atoms with Gasteiger partial charge in [-0.25, -0.2) is 8.51 Å². The van der Waals surface area contributed by atoms with Gasteiger partial charge in [0.1, 0.15) is 9.89 Å². The van der Waals surface area contributed by atoms with E-state index in [0.29, 0.717) is 11.3 Å². The molecule has 86 valence electrons. The quantitative estimate of drug-likeness (QED) is 0.754. The summed E-state index contributed by atoms with van der Waals surface area (Å²) in [5.74, 6) is 3.37. The van der Waals surface area contributed by atoms with Crippen LogP contribution < -0.4 is 4.72 Å². The number of carbonyl (C=O) groups is 1. The molecule has 1 amide bonds. The highest BCUT2D eigenvalue weighted by Gasteiger charge is 2.32. The summed E-state index contributed by atoms with van der Waals surface area (Å²) in [7, 11) is -2.75. The molecule has 4 nitrogen and oxygen atoms in total. The van der Waals surface area contributed by atoms with Crippen molar-refractivity contribution < 1.29 is 9.00 Å². The van der Waals surface area contributed by atoms with Gasteiger partial charge < -0.3 is 0 Å². The maximum atomic E-state index is 12.2. The van der Waals surface area contributed by atoms with Crippen LogP contribution in [0.4, 0.5) is 5.69 Å². The molecule has 1 aliphatic heterocycles. The van der Waals surface area contributed by atoms with Crippen LogP contribution in [0.5, 0.6) is 0 Å². The topological polar surface area (TPSA) is 49.4 Å². The Morgan fingerprint density at radius 2 is 2.00 bits per heavy atom. The first-order valence-electron chi connectivity index (χ1n) is 5.01. The van der Waals surface area contributed by atoms with Gasteiger partial charge >= 0.3 is 0 Å². The average Bonchev–Trinajstić information content (AvgIpc) is 2.15. The van der Waals surface area contributed by atoms with E-state index in [2.05, 4.69) is 10.6 Å². The Kier molecular flexibility index (Phi) is 2.42. The minimum atomic E-state index is -2.75. The lowest BCUT2D eigenvalue weighted by Crippen LogP contribution is -2.48. The van der Waals surface area contributed by atoms with E-state index in [1.54, 1.807) is 24.3 Å². The van der Waals surface area contributed by atoms with Crippen LogP contribution in [0.15, 0.2) is 24.3 Å². The molecular formula is C11H14N2O2S. The third-order valence-corrected chi connectivity index (χ3v) is 4.18. The van der Waals surface area contributed by atoms with E-state index in [1.165, 1.54) is 4.31 Å². The van der Waals surface area contributed by atoms with Crippen LogP contribution in [0.25, 0.3) is 0 Å². The third kappa shape index (κ3) is 1.57. The second-order valence-corrected chi connectivity index (χ2v) is 5.89. The van der Waals surface area contributed by atoms with Crippen molar-refractivity contribution in [3.8, 4) is 0 Å². The minimum Gasteiger partial charge on any atom is -0.296 e. The van der Waals surface area contributed by atoms with Crippen LogP contribution >= 0.6 is 0 Å². The van der Waals surface area contributed by atoms with Gasteiger partial charge in [-0.1, -0.05) is 12.1 Å². The zero-order valence-corrected chi connectivity index (χ0v) is 10.1. The Balaban J connectivity index is 2.61. The summed E-state index contributed by atoms with van der Waals surface area (Å²) in [5.41, 5.74) is 1.13. The highest BCUT2D eigenvalue weighted by molar-refractivity contribution is 8.00. The third-order valence-electron chi connectivity index (χ3n) is 2.41. The monoisotopic (exact) mass is 238 g/mol. The Labute approximate surface area is 95.5 Å². The molecule has 16 heavy (non-hydrogen) atoms. The highest BCUT2D eigenvalue weighted by atomic mass is 32.2. The number of benzene rings is 1. The SMILES string of the molecule is C=S1(=O)Nc2ccccc2C(=O)N1C(C)C. The van der Waals surface area contributed by atoms with Crippen LogP contribution in [-0.2, 0) is 9.89 Å². The Bertz CT molecular complexity index is 535. The molecule has 0 spiro atoms. The number of amides is 1. The smallest absolute Gasteiger partial charge is 0.268 e. The molecule has 0 saturated heterocycles. The lowest BCUT2D eigenvalue weighted by molar-refractivity contribution is 0.0840. The standard InChI is InChI=1S/C11H14N2O2S/c1-8(2)13-11(14)9-6-4-5-7-10(9)12-16(13,3)15/h4-8H,3H2,1-2H3,(H,12,15). The van der Waals surface area contributed by atoms with E-state index in [1.807, 2.05) is 13.8 Å². The van der Waals surface area contributed by atoms with E-state index in [4.69, 9.17) is 0 Å². The summed E-state index contributed by atoms with van der Waals surface area (Å²) in [4.78, 5) is 12.1. The summed E-state index contributed by atoms with van der Waals surface area (Å²) in [5, 5.41) is 0. The molecular weight excluding hydrogens is 224 g/mol. The number of carbonyl (C=O) groups excluding carboxylic acids is 1. The number of para-hydroxylation sites is 1. The lowest BCUT2D eigenvalue weighted by Gasteiger charge is -2.35. The number of fused-ring (bicyclic) bond motifs is 1. The van der Waals surface area contributed by atoms with E-state index in [0.717, 1.165) is 0 Å². The lowest BCUT2D eigenvalue weighted by atomic mass is 10.1. The first kappa shape index (κ1) is 11.0. The Morgan fingerprint density at radius 3 is 2.62 bits per heavy atom. The van der Waals surface area contributed by atoms with Gasteiger partial charge in [-0.15, -0.1) is 0 Å². The number of hydrogen-bond donors (Lipinski definition) is 1. The fourth-order valence-electron chi connectivity index (χ4n) is 1.81. The molecule has 5 heteroatoms. The van der Waals surface area contributed by atoms with Crippen molar-refractivity contribution in [3.05, 3.63) is 29.8 Å². The van der Waals surface area contributed by atoms with E-state index < -0.39 is 9.89 Å². The molecule has 0 aliphatic carbocycles. The second kappa shape index (κ2) is 3.52. The molecule has 1 unspecified atom stereocenters. The fraction of sp³-hybridized carbons (Fsp3) is 0.273. The number of rotatable bonds is 1. The van der Waals surface area contributed by atoms with Crippen molar-refractivity contribution in [1.82, 2.24) is 4.31 Å². The summed E-state index contributed by atoms with van der Waals surface area (Å²) in [6.45, 7) is 3.64. The number of hydrogen-bond acceptors (Lipinski definition) is 2. The van der Waals surface area contributed by atoms with Crippen molar-refractivity contribution in [3.63, 3.8) is 0 Å². The van der Waals surface area contributed by atoms with Crippen LogP contribution in [0.3, 0.4) is 0 Å². The number of nitrogens with one attached hydrogen (secondary N) is 1. The minimum absolute atomic E-state index is 0.154. The molecule has 1 aromatic carbocycles. The first-order chi connectivity index (χ1) is 7.43. The Hall–Kier alpha value is -1.49. The van der Waals surface area contributed by atoms with Crippen molar-refractivity contribution >= 4 is 27.4 Å². The molecule has 1 aliphatic rings. The van der Waals surface area contributed by atoms with E-state index in [-0.39, 0.29) is 11.9 Å². The molecule has 1 heterocycles. The van der Waals surface area contributed by atoms with Crippen LogP contribution in [0.1, 0.15) is 24.2 Å². The maximum absolute atomic E-state index is 12.2. The van der Waals surface area contributed by atoms with Gasteiger partial charge in [-0.3, -0.25) is 9.52 Å². The van der Waals surface area contributed by atoms with Crippen molar-refractivity contribution in [2.24, 2.45) is 0 Å². The van der Waals surface area contributed by atoms with Crippen molar-refractivity contribution in [1.29, 1.82) is 0 Å². The van der Waals surface area contributed by atoms with Crippen LogP contribution in [-0.4, -0.2) is 26.3 Å². The van der Waals surface area contributed by atoms with Crippen LogP contribution in [0.2, 0.25) is 0 Å². The first-order valence-corrected chi connectivity index (χ1v) is 6.69. The van der Waals surface area contributed by atoms with Gasteiger partial charge in [0.25, 0.3) is 5.91 Å².